The molecule has 7 heteroatoms. The summed E-state index contributed by atoms with van der Waals surface area (Å²) < 4.78 is 37.2. The van der Waals surface area contributed by atoms with Crippen LogP contribution in [0.5, 0.6) is 11.5 Å². The van der Waals surface area contributed by atoms with Crippen molar-refractivity contribution in [2.45, 2.75) is 39.7 Å². The van der Waals surface area contributed by atoms with E-state index in [-0.39, 0.29) is 6.42 Å². The summed E-state index contributed by atoms with van der Waals surface area (Å²) in [6.45, 7) is 5.45. The molecule has 1 aromatic heterocycles. The van der Waals surface area contributed by atoms with Gasteiger partial charge in [-0.25, -0.2) is 8.78 Å². The van der Waals surface area contributed by atoms with Gasteiger partial charge in [-0.3, -0.25) is 5.10 Å². The highest BCUT2D eigenvalue weighted by Gasteiger charge is 2.27. The Labute approximate surface area is 174 Å². The van der Waals surface area contributed by atoms with E-state index in [0.717, 1.165) is 39.5 Å². The van der Waals surface area contributed by atoms with Crippen molar-refractivity contribution in [1.29, 1.82) is 0 Å². The highest BCUT2D eigenvalue weighted by molar-refractivity contribution is 5.80. The van der Waals surface area contributed by atoms with Gasteiger partial charge in [0.05, 0.1) is 18.9 Å². The van der Waals surface area contributed by atoms with Crippen molar-refractivity contribution in [3.05, 3.63) is 58.7 Å². The first-order valence-corrected chi connectivity index (χ1v) is 10.2. The van der Waals surface area contributed by atoms with Gasteiger partial charge in [-0.2, -0.15) is 5.10 Å². The number of nitrogens with one attached hydrogen (secondary N) is 2. The van der Waals surface area contributed by atoms with Gasteiger partial charge in [0.1, 0.15) is 5.82 Å². The number of fused-ring (bicyclic) bond motifs is 3. The smallest absolute Gasteiger partial charge is 0.242 e. The molecule has 0 atom stereocenters. The Kier molecular flexibility index (Phi) is 5.88. The molecular weight excluding hydrogens is 388 g/mol. The molecule has 2 N–H and O–H groups in total. The zero-order valence-corrected chi connectivity index (χ0v) is 17.1. The van der Waals surface area contributed by atoms with E-state index in [4.69, 9.17) is 9.47 Å². The quantitative estimate of drug-likeness (QED) is 0.396. The number of halogens is 2. The normalized spacial score (nSPS) is 12.0. The SMILES string of the molecule is CCOc1cc2c(cc1OCC)-c1n[nH]c(NCc3ccccc3CC(F)F)c1C2. The monoisotopic (exact) mass is 413 g/mol. The van der Waals surface area contributed by atoms with Crippen molar-refractivity contribution in [1.82, 2.24) is 10.2 Å². The van der Waals surface area contributed by atoms with Crippen molar-refractivity contribution >= 4 is 5.82 Å². The molecule has 0 radical (unpaired) electrons. The van der Waals surface area contributed by atoms with Gasteiger partial charge in [-0.1, -0.05) is 24.3 Å². The predicted molar refractivity (Wildman–Crippen MR) is 113 cm³/mol. The number of aromatic amines is 1. The minimum atomic E-state index is -2.36. The van der Waals surface area contributed by atoms with Crippen LogP contribution in [0.25, 0.3) is 11.3 Å². The number of hydrogen-bond donors (Lipinski definition) is 2. The Morgan fingerprint density at radius 2 is 1.77 bits per heavy atom. The van der Waals surface area contributed by atoms with E-state index in [9.17, 15) is 8.78 Å². The van der Waals surface area contributed by atoms with E-state index in [2.05, 4.69) is 15.5 Å². The highest BCUT2D eigenvalue weighted by Crippen LogP contribution is 2.44. The summed E-state index contributed by atoms with van der Waals surface area (Å²) in [5, 5.41) is 10.9. The molecule has 2 aromatic carbocycles. The van der Waals surface area contributed by atoms with Gasteiger partial charge in [0, 0.05) is 30.5 Å². The van der Waals surface area contributed by atoms with Crippen molar-refractivity contribution < 1.29 is 18.3 Å². The Morgan fingerprint density at radius 3 is 2.47 bits per heavy atom. The summed E-state index contributed by atoms with van der Waals surface area (Å²) in [6, 6.07) is 11.3. The fourth-order valence-electron chi connectivity index (χ4n) is 3.88. The van der Waals surface area contributed by atoms with Crippen LogP contribution in [0, 0.1) is 0 Å². The lowest BCUT2D eigenvalue weighted by atomic mass is 10.0. The van der Waals surface area contributed by atoms with Gasteiger partial charge in [-0.15, -0.1) is 0 Å². The van der Waals surface area contributed by atoms with E-state index in [1.807, 2.05) is 38.1 Å². The standard InChI is InChI=1S/C23H25F2N3O2/c1-3-29-19-10-16-9-18-22(17(16)12-20(19)30-4-2)27-28-23(18)26-13-15-8-6-5-7-14(15)11-21(24)25/h5-8,10,12,21H,3-4,9,11,13H2,1-2H3,(H2,26,27,28). The van der Waals surface area contributed by atoms with Crippen molar-refractivity contribution in [3.63, 3.8) is 0 Å². The third kappa shape index (κ3) is 3.97. The van der Waals surface area contributed by atoms with Crippen LogP contribution in [0.1, 0.15) is 36.1 Å². The zero-order valence-electron chi connectivity index (χ0n) is 17.1. The van der Waals surface area contributed by atoms with E-state index in [1.54, 1.807) is 12.1 Å². The first kappa shape index (κ1) is 20.2. The number of nitrogens with zero attached hydrogens (tertiary/aromatic N) is 1. The molecule has 4 rings (SSSR count). The number of hydrogen-bond acceptors (Lipinski definition) is 4. The molecular formula is C23H25F2N3O2. The molecule has 0 fully saturated rings. The van der Waals surface area contributed by atoms with Crippen LogP contribution in [-0.2, 0) is 19.4 Å². The Hall–Kier alpha value is -3.09. The Balaban J connectivity index is 1.56. The molecule has 0 amide bonds. The van der Waals surface area contributed by atoms with Crippen LogP contribution < -0.4 is 14.8 Å². The molecule has 0 spiro atoms. The maximum atomic E-state index is 12.9. The summed E-state index contributed by atoms with van der Waals surface area (Å²) in [7, 11) is 0. The summed E-state index contributed by atoms with van der Waals surface area (Å²) in [4.78, 5) is 0. The fourth-order valence-corrected chi connectivity index (χ4v) is 3.88. The van der Waals surface area contributed by atoms with E-state index in [0.29, 0.717) is 37.5 Å². The molecule has 3 aromatic rings. The second-order valence-electron chi connectivity index (χ2n) is 7.14. The number of alkyl halides is 2. The van der Waals surface area contributed by atoms with E-state index >= 15 is 0 Å². The molecule has 0 saturated carbocycles. The molecule has 0 bridgehead atoms. The number of H-pyrrole nitrogens is 1. The molecule has 0 unspecified atom stereocenters. The third-order valence-electron chi connectivity index (χ3n) is 5.21. The number of benzene rings is 2. The van der Waals surface area contributed by atoms with Crippen LogP contribution in [0.15, 0.2) is 36.4 Å². The predicted octanol–water partition coefficient (Wildman–Crippen LogP) is 5.20. The van der Waals surface area contributed by atoms with Gasteiger partial charge in [0.2, 0.25) is 6.43 Å². The largest absolute Gasteiger partial charge is 0.490 e. The Morgan fingerprint density at radius 1 is 1.07 bits per heavy atom. The molecule has 0 aliphatic heterocycles. The number of anilines is 1. The van der Waals surface area contributed by atoms with Crippen LogP contribution in [0.4, 0.5) is 14.6 Å². The summed E-state index contributed by atoms with van der Waals surface area (Å²) in [5.74, 6) is 2.26. The average Bonchev–Trinajstić information content (AvgIpc) is 3.27. The van der Waals surface area contributed by atoms with Gasteiger partial charge >= 0.3 is 0 Å². The number of ether oxygens (including phenoxy) is 2. The minimum absolute atomic E-state index is 0.245. The number of rotatable bonds is 9. The fraction of sp³-hybridized carbons (Fsp3) is 0.348. The highest BCUT2D eigenvalue weighted by atomic mass is 19.3. The molecule has 158 valence electrons. The second-order valence-corrected chi connectivity index (χ2v) is 7.14. The van der Waals surface area contributed by atoms with Gasteiger partial charge in [-0.05, 0) is 42.7 Å². The lowest BCUT2D eigenvalue weighted by Gasteiger charge is -2.13. The molecule has 30 heavy (non-hydrogen) atoms. The number of aromatic nitrogens is 2. The van der Waals surface area contributed by atoms with Crippen molar-refractivity contribution in [2.24, 2.45) is 0 Å². The van der Waals surface area contributed by atoms with E-state index < -0.39 is 6.43 Å². The van der Waals surface area contributed by atoms with E-state index in [1.165, 1.54) is 0 Å². The third-order valence-corrected chi connectivity index (χ3v) is 5.21. The van der Waals surface area contributed by atoms with Crippen LogP contribution in [0.2, 0.25) is 0 Å². The summed E-state index contributed by atoms with van der Waals surface area (Å²) in [5.41, 5.74) is 5.62. The van der Waals surface area contributed by atoms with Gasteiger partial charge in [0.25, 0.3) is 0 Å². The zero-order chi connectivity index (χ0) is 21.1. The summed E-state index contributed by atoms with van der Waals surface area (Å²) >= 11 is 0. The van der Waals surface area contributed by atoms with Crippen molar-refractivity contribution in [3.8, 4) is 22.8 Å². The first-order chi connectivity index (χ1) is 14.6. The maximum absolute atomic E-state index is 12.9. The maximum Gasteiger partial charge on any atom is 0.242 e. The second kappa shape index (κ2) is 8.73. The first-order valence-electron chi connectivity index (χ1n) is 10.2. The summed E-state index contributed by atoms with van der Waals surface area (Å²) in [6.07, 6.45) is -1.89. The molecule has 5 nitrogen and oxygen atoms in total. The van der Waals surface area contributed by atoms with Crippen LogP contribution in [0.3, 0.4) is 0 Å². The topological polar surface area (TPSA) is 59.2 Å². The van der Waals surface area contributed by atoms with Crippen LogP contribution in [-0.4, -0.2) is 29.8 Å². The van der Waals surface area contributed by atoms with Gasteiger partial charge in [0.15, 0.2) is 11.5 Å². The lowest BCUT2D eigenvalue weighted by molar-refractivity contribution is 0.149. The molecule has 1 aliphatic rings. The molecule has 0 saturated heterocycles. The molecule has 1 aliphatic carbocycles. The van der Waals surface area contributed by atoms with Crippen LogP contribution >= 0.6 is 0 Å². The lowest BCUT2D eigenvalue weighted by Crippen LogP contribution is -2.07. The molecule has 1 heterocycles. The van der Waals surface area contributed by atoms with Gasteiger partial charge < -0.3 is 14.8 Å². The van der Waals surface area contributed by atoms with Crippen molar-refractivity contribution in [2.75, 3.05) is 18.5 Å². The minimum Gasteiger partial charge on any atom is -0.490 e. The average molecular weight is 413 g/mol. The Bertz CT molecular complexity index is 1030.